The molecule has 5 rings (SSSR count). The molecule has 1 atom stereocenters. The van der Waals surface area contributed by atoms with Gasteiger partial charge in [-0.25, -0.2) is 18.7 Å². The van der Waals surface area contributed by atoms with E-state index >= 15 is 0 Å². The first-order valence-corrected chi connectivity index (χ1v) is 21.8. The van der Waals surface area contributed by atoms with Gasteiger partial charge in [-0.2, -0.15) is 10.5 Å². The van der Waals surface area contributed by atoms with E-state index in [9.17, 15) is 8.78 Å². The first-order valence-electron chi connectivity index (χ1n) is 12.8. The van der Waals surface area contributed by atoms with Crippen molar-refractivity contribution in [3.05, 3.63) is 107 Å². The Labute approximate surface area is 286 Å². The van der Waals surface area contributed by atoms with Crippen molar-refractivity contribution >= 4 is 63.9 Å². The molecule has 1 unspecified atom stereocenters. The van der Waals surface area contributed by atoms with Gasteiger partial charge >= 0.3 is 49.4 Å². The fourth-order valence-electron chi connectivity index (χ4n) is 4.29. The van der Waals surface area contributed by atoms with Crippen LogP contribution in [0.25, 0.3) is 0 Å². The van der Waals surface area contributed by atoms with Crippen molar-refractivity contribution in [3.63, 3.8) is 0 Å². The minimum absolute atomic E-state index is 0. The Morgan fingerprint density at radius 3 is 2.17 bits per heavy atom. The van der Waals surface area contributed by atoms with Crippen LogP contribution >= 0.6 is 63.9 Å². The molecule has 0 spiro atoms. The van der Waals surface area contributed by atoms with Crippen molar-refractivity contribution in [2.24, 2.45) is 0 Å². The van der Waals surface area contributed by atoms with Crippen LogP contribution in [0, 0.1) is 34.3 Å². The van der Waals surface area contributed by atoms with E-state index in [1.807, 2.05) is 47.5 Å². The number of hydrogen-bond donors (Lipinski definition) is 0. The monoisotopic (exact) mass is 933 g/mol. The van der Waals surface area contributed by atoms with Gasteiger partial charge < -0.3 is 9.13 Å². The van der Waals surface area contributed by atoms with Gasteiger partial charge in [-0.15, -0.1) is 24.0 Å². The van der Waals surface area contributed by atoms with E-state index in [0.29, 0.717) is 38.3 Å². The Kier molecular flexibility index (Phi) is 18.7. The van der Waals surface area contributed by atoms with Gasteiger partial charge in [0.05, 0.1) is 48.5 Å². The molecule has 0 saturated heterocycles. The molecule has 2 aromatic carbocycles. The first kappa shape index (κ1) is 37.5. The molecule has 0 saturated carbocycles. The van der Waals surface area contributed by atoms with Gasteiger partial charge in [0.1, 0.15) is 11.6 Å². The number of imidazole rings is 2. The average molecular weight is 933 g/mol. The third-order valence-corrected chi connectivity index (χ3v) is 6.07. The zero-order valence-corrected chi connectivity index (χ0v) is 31.0. The quantitative estimate of drug-likeness (QED) is 0.188. The molecule has 217 valence electrons. The van der Waals surface area contributed by atoms with Crippen LogP contribution in [0.5, 0.6) is 0 Å². The summed E-state index contributed by atoms with van der Waals surface area (Å²) >= 11 is 4.74. The summed E-state index contributed by atoms with van der Waals surface area (Å²) in [5.74, 6) is -0.652. The predicted molar refractivity (Wildman–Crippen MR) is 181 cm³/mol. The summed E-state index contributed by atoms with van der Waals surface area (Å²) in [6.07, 6.45) is 10.9. The van der Waals surface area contributed by atoms with E-state index in [1.54, 1.807) is 36.9 Å². The van der Waals surface area contributed by atoms with E-state index in [1.165, 1.54) is 12.1 Å². The van der Waals surface area contributed by atoms with Gasteiger partial charge in [0.2, 0.25) is 0 Å². The molecule has 3 heterocycles. The molecular formula is C29H31F2I3N6V. The normalized spacial score (nSPS) is 12.4. The van der Waals surface area contributed by atoms with Crippen LogP contribution in [-0.2, 0) is 28.9 Å². The number of rotatable bonds is 5. The minimum atomic E-state index is -0.342. The summed E-state index contributed by atoms with van der Waals surface area (Å²) < 4.78 is 31.6. The number of nitriles is 2. The molecule has 0 bridgehead atoms. The van der Waals surface area contributed by atoms with Gasteiger partial charge in [-0.3, -0.25) is 0 Å². The van der Waals surface area contributed by atoms with Gasteiger partial charge in [0.15, 0.2) is 0 Å². The van der Waals surface area contributed by atoms with Crippen molar-refractivity contribution < 1.29 is 18.2 Å². The third-order valence-electron chi connectivity index (χ3n) is 6.07. The fraction of sp³-hybridized carbons (Fsp3) is 0.310. The number of halogens is 5. The van der Waals surface area contributed by atoms with Crippen molar-refractivity contribution in [3.8, 4) is 12.1 Å². The molecule has 0 amide bonds. The van der Waals surface area contributed by atoms with Crippen LogP contribution in [0.4, 0.5) is 8.78 Å². The van der Waals surface area contributed by atoms with Crippen LogP contribution in [-0.4, -0.2) is 19.1 Å². The van der Waals surface area contributed by atoms with Crippen LogP contribution in [0.1, 0.15) is 73.3 Å². The number of aryl methyl sites for hydroxylation is 2. The van der Waals surface area contributed by atoms with Gasteiger partial charge in [-0.05, 0) is 43.5 Å². The van der Waals surface area contributed by atoms with Gasteiger partial charge in [0, 0.05) is 34.9 Å². The molecule has 4 aromatic rings. The van der Waals surface area contributed by atoms with E-state index in [0.717, 1.165) is 37.1 Å². The number of benzene rings is 2. The van der Waals surface area contributed by atoms with Crippen LogP contribution in [0.15, 0.2) is 61.4 Å². The molecule has 6 nitrogen and oxygen atoms in total. The fourth-order valence-corrected chi connectivity index (χ4v) is 4.29. The standard InChI is InChI=1S/C14H14FN3.C13H10FN3.C2H6.3HI.V/c1-2-3-13-8-17-10-18(13)9-12-5-4-11(7-16)6-14(12)15;14-12-5-9(6-15)1-3-11(12)13-4-2-10-7-16-8-17(10)13;1-2;;;;/h4-6,8,10H,2-3,9H2,1H3;1,3,5,7-8,13H,2,4H2;1-2H3;3*1H;/q;;;;;;+2/p-2. The average Bonchev–Trinajstić information content (AvgIpc) is 3.71. The molecule has 0 aliphatic carbocycles. The number of nitrogens with zero attached hydrogens (tertiary/aromatic N) is 6. The Morgan fingerprint density at radius 2 is 1.59 bits per heavy atom. The Balaban J connectivity index is 0.000000348. The number of aromatic nitrogens is 4. The molecule has 1 aliphatic heterocycles. The summed E-state index contributed by atoms with van der Waals surface area (Å²) in [5.41, 5.74) is 4.15. The van der Waals surface area contributed by atoms with Crippen LogP contribution in [0.2, 0.25) is 0 Å². The third kappa shape index (κ3) is 10.9. The summed E-state index contributed by atoms with van der Waals surface area (Å²) in [6, 6.07) is 13.1. The summed E-state index contributed by atoms with van der Waals surface area (Å²) in [7, 11) is 0.628. The number of fused-ring (bicyclic) bond motifs is 1. The maximum atomic E-state index is 13.9. The molecule has 12 heteroatoms. The zero-order chi connectivity index (χ0) is 29.5. The molecule has 2 aromatic heterocycles. The second kappa shape index (κ2) is 20.4. The Bertz CT molecular complexity index is 1450. The van der Waals surface area contributed by atoms with Crippen molar-refractivity contribution in [1.82, 2.24) is 19.1 Å². The topological polar surface area (TPSA) is 83.2 Å². The predicted octanol–water partition coefficient (Wildman–Crippen LogP) is 8.74. The Hall–Kier alpha value is -1.53. The number of hydrogen-bond acceptors (Lipinski definition) is 4. The molecule has 0 N–H and O–H groups in total. The second-order valence-electron chi connectivity index (χ2n) is 8.44. The summed E-state index contributed by atoms with van der Waals surface area (Å²) in [6.45, 7) is 6.55. The van der Waals surface area contributed by atoms with Gasteiger partial charge in [0.25, 0.3) is 0 Å². The van der Waals surface area contributed by atoms with Crippen molar-refractivity contribution in [1.29, 1.82) is 10.5 Å². The molecular weight excluding hydrogens is 902 g/mol. The van der Waals surface area contributed by atoms with Crippen molar-refractivity contribution in [2.45, 2.75) is 59.0 Å². The van der Waals surface area contributed by atoms with Crippen LogP contribution in [0.3, 0.4) is 0 Å². The van der Waals surface area contributed by atoms with E-state index in [-0.39, 0.29) is 41.7 Å². The van der Waals surface area contributed by atoms with Crippen LogP contribution < -0.4 is 0 Å². The summed E-state index contributed by atoms with van der Waals surface area (Å²) in [5, 5.41) is 17.4. The Morgan fingerprint density at radius 1 is 0.976 bits per heavy atom. The first-order chi connectivity index (χ1) is 19.4. The van der Waals surface area contributed by atoms with Gasteiger partial charge in [-0.1, -0.05) is 39.3 Å². The summed E-state index contributed by atoms with van der Waals surface area (Å²) in [4.78, 5) is 8.16. The maximum absolute atomic E-state index is 13.9. The molecule has 1 aliphatic rings. The van der Waals surface area contributed by atoms with E-state index in [2.05, 4.69) is 56.8 Å². The van der Waals surface area contributed by atoms with E-state index in [4.69, 9.17) is 10.5 Å². The SMILES string of the molecule is CC.CCCc1cncn1Cc1ccc(C#N)cc1F.I.N#Cc1ccc(C2CCc3cncn32)c(F)c1.[I][V][I]. The molecule has 0 fully saturated rings. The molecule has 41 heavy (non-hydrogen) atoms. The molecule has 0 radical (unpaired) electrons. The second-order valence-corrected chi connectivity index (χ2v) is 20.2. The zero-order valence-electron chi connectivity index (χ0n) is 22.9. The van der Waals surface area contributed by atoms with Crippen molar-refractivity contribution in [2.75, 3.05) is 0 Å². The van der Waals surface area contributed by atoms with E-state index < -0.39 is 0 Å².